The van der Waals surface area contributed by atoms with Crippen LogP contribution in [0.25, 0.3) is 0 Å². The van der Waals surface area contributed by atoms with E-state index >= 15 is 0 Å². The molecule has 1 heterocycles. The van der Waals surface area contributed by atoms with Gasteiger partial charge in [-0.1, -0.05) is 13.3 Å². The summed E-state index contributed by atoms with van der Waals surface area (Å²) in [5.74, 6) is -0.0750. The van der Waals surface area contributed by atoms with E-state index < -0.39 is 0 Å². The summed E-state index contributed by atoms with van der Waals surface area (Å²) < 4.78 is 1.92. The molecule has 0 fully saturated rings. The van der Waals surface area contributed by atoms with E-state index in [9.17, 15) is 9.59 Å². The minimum absolute atomic E-state index is 0.0750. The number of hydrogen-bond acceptors (Lipinski definition) is 4. The van der Waals surface area contributed by atoms with Gasteiger partial charge in [-0.2, -0.15) is 5.10 Å². The Morgan fingerprint density at radius 1 is 1.47 bits per heavy atom. The molecule has 0 aliphatic heterocycles. The van der Waals surface area contributed by atoms with E-state index in [4.69, 9.17) is 0 Å². The van der Waals surface area contributed by atoms with Crippen LogP contribution in [-0.2, 0) is 11.3 Å². The molecule has 0 aliphatic rings. The highest BCUT2D eigenvalue weighted by atomic mass is 79.9. The van der Waals surface area contributed by atoms with Crippen molar-refractivity contribution in [1.29, 1.82) is 0 Å². The average Bonchev–Trinajstić information content (AvgIpc) is 2.38. The number of rotatable bonds is 7. The van der Waals surface area contributed by atoms with Crippen molar-refractivity contribution in [2.24, 2.45) is 0 Å². The summed E-state index contributed by atoms with van der Waals surface area (Å²) in [6.07, 6.45) is 3.56. The summed E-state index contributed by atoms with van der Waals surface area (Å²) in [7, 11) is 0. The van der Waals surface area contributed by atoms with Gasteiger partial charge in [0.05, 0.1) is 11.9 Å². The Bertz CT molecular complexity index is 487. The first-order valence-electron chi connectivity index (χ1n) is 6.30. The summed E-state index contributed by atoms with van der Waals surface area (Å²) in [6, 6.07) is 0. The maximum atomic E-state index is 12.0. The third-order valence-corrected chi connectivity index (χ3v) is 3.29. The number of nitrogens with one attached hydrogen (secondary N) is 2. The number of unbranched alkanes of at least 4 members (excludes halogenated alkanes) is 1. The zero-order valence-electron chi connectivity index (χ0n) is 11.2. The topological polar surface area (TPSA) is 76.0 Å². The van der Waals surface area contributed by atoms with Gasteiger partial charge in [0.2, 0.25) is 5.91 Å². The molecule has 0 radical (unpaired) electrons. The van der Waals surface area contributed by atoms with Gasteiger partial charge < -0.3 is 10.6 Å². The first kappa shape index (κ1) is 15.7. The number of halogens is 1. The summed E-state index contributed by atoms with van der Waals surface area (Å²) in [6.45, 7) is 5.20. The molecule has 0 atom stereocenters. The molecule has 0 unspecified atom stereocenters. The van der Waals surface area contributed by atoms with Crippen molar-refractivity contribution >= 4 is 27.5 Å². The Labute approximate surface area is 120 Å². The molecular weight excluding hydrogens is 312 g/mol. The third-order valence-electron chi connectivity index (χ3n) is 2.52. The van der Waals surface area contributed by atoms with E-state index in [2.05, 4.69) is 38.6 Å². The van der Waals surface area contributed by atoms with Gasteiger partial charge in [-0.05, 0) is 22.4 Å². The van der Waals surface area contributed by atoms with Crippen LogP contribution in [0.3, 0.4) is 0 Å². The van der Waals surface area contributed by atoms with Crippen LogP contribution in [0, 0.1) is 0 Å². The van der Waals surface area contributed by atoms with E-state index in [0.29, 0.717) is 29.8 Å². The fourth-order valence-electron chi connectivity index (χ4n) is 1.49. The van der Waals surface area contributed by atoms with Gasteiger partial charge in [-0.25, -0.2) is 4.68 Å². The fraction of sp³-hybridized carbons (Fsp3) is 0.583. The molecular formula is C12H19BrN4O2. The smallest absolute Gasteiger partial charge is 0.283 e. The number of carbonyl (C=O) groups is 1. The van der Waals surface area contributed by atoms with Crippen LogP contribution in [-0.4, -0.2) is 28.8 Å². The largest absolute Gasteiger partial charge is 0.381 e. The first-order valence-corrected chi connectivity index (χ1v) is 7.09. The van der Waals surface area contributed by atoms with Gasteiger partial charge in [0.1, 0.15) is 4.47 Å². The molecule has 1 amide bonds. The average molecular weight is 331 g/mol. The SMILES string of the molecule is CCCCn1ncc(NCCNC(C)=O)c(Br)c1=O. The molecule has 1 aromatic heterocycles. The third kappa shape index (κ3) is 5.02. The molecule has 1 rings (SSSR count). The van der Waals surface area contributed by atoms with Crippen molar-refractivity contribution in [3.8, 4) is 0 Å². The van der Waals surface area contributed by atoms with Crippen LogP contribution in [0.5, 0.6) is 0 Å². The molecule has 0 aliphatic carbocycles. The number of hydrogen-bond donors (Lipinski definition) is 2. The lowest BCUT2D eigenvalue weighted by molar-refractivity contribution is -0.118. The summed E-state index contributed by atoms with van der Waals surface area (Å²) in [4.78, 5) is 22.7. The van der Waals surface area contributed by atoms with Crippen molar-refractivity contribution in [2.75, 3.05) is 18.4 Å². The van der Waals surface area contributed by atoms with Crippen LogP contribution in [0.2, 0.25) is 0 Å². The minimum atomic E-state index is -0.141. The molecule has 1 aromatic rings. The van der Waals surface area contributed by atoms with Crippen molar-refractivity contribution in [2.45, 2.75) is 33.2 Å². The second kappa shape index (κ2) is 7.93. The second-order valence-corrected chi connectivity index (χ2v) is 4.96. The van der Waals surface area contributed by atoms with Gasteiger partial charge in [0.25, 0.3) is 5.56 Å². The highest BCUT2D eigenvalue weighted by Crippen LogP contribution is 2.15. The number of carbonyl (C=O) groups excluding carboxylic acids is 1. The second-order valence-electron chi connectivity index (χ2n) is 4.16. The van der Waals surface area contributed by atoms with Gasteiger partial charge in [-0.3, -0.25) is 9.59 Å². The number of amides is 1. The quantitative estimate of drug-likeness (QED) is 0.740. The Kier molecular flexibility index (Phi) is 6.55. The molecule has 2 N–H and O–H groups in total. The normalized spacial score (nSPS) is 10.3. The Morgan fingerprint density at radius 3 is 2.84 bits per heavy atom. The van der Waals surface area contributed by atoms with Gasteiger partial charge in [-0.15, -0.1) is 0 Å². The van der Waals surface area contributed by atoms with Gasteiger partial charge in [0.15, 0.2) is 0 Å². The van der Waals surface area contributed by atoms with Crippen molar-refractivity contribution < 1.29 is 4.79 Å². The van der Waals surface area contributed by atoms with Gasteiger partial charge >= 0.3 is 0 Å². The molecule has 7 heteroatoms. The first-order chi connectivity index (χ1) is 9.06. The van der Waals surface area contributed by atoms with Crippen LogP contribution in [0.4, 0.5) is 5.69 Å². The van der Waals surface area contributed by atoms with Crippen LogP contribution >= 0.6 is 15.9 Å². The predicted octanol–water partition coefficient (Wildman–Crippen LogP) is 1.35. The minimum Gasteiger partial charge on any atom is -0.381 e. The molecule has 0 saturated carbocycles. The Balaban J connectivity index is 2.63. The Hall–Kier alpha value is -1.37. The molecule has 0 spiro atoms. The summed E-state index contributed by atoms with van der Waals surface area (Å²) in [5, 5.41) is 9.84. The highest BCUT2D eigenvalue weighted by molar-refractivity contribution is 9.10. The van der Waals surface area contributed by atoms with Crippen molar-refractivity contribution in [3.05, 3.63) is 21.0 Å². The molecule has 0 saturated heterocycles. The monoisotopic (exact) mass is 330 g/mol. The lowest BCUT2D eigenvalue weighted by atomic mass is 10.3. The zero-order chi connectivity index (χ0) is 14.3. The van der Waals surface area contributed by atoms with Crippen molar-refractivity contribution in [1.82, 2.24) is 15.1 Å². The lowest BCUT2D eigenvalue weighted by Gasteiger charge is -2.10. The number of aromatic nitrogens is 2. The maximum absolute atomic E-state index is 12.0. The molecule has 106 valence electrons. The van der Waals surface area contributed by atoms with E-state index in [-0.39, 0.29) is 11.5 Å². The number of nitrogens with zero attached hydrogens (tertiary/aromatic N) is 2. The zero-order valence-corrected chi connectivity index (χ0v) is 12.8. The van der Waals surface area contributed by atoms with Crippen LogP contribution < -0.4 is 16.2 Å². The van der Waals surface area contributed by atoms with E-state index in [0.717, 1.165) is 12.8 Å². The van der Waals surface area contributed by atoms with E-state index in [1.807, 2.05) is 0 Å². The van der Waals surface area contributed by atoms with Gasteiger partial charge in [0, 0.05) is 26.6 Å². The summed E-state index contributed by atoms with van der Waals surface area (Å²) in [5.41, 5.74) is 0.501. The van der Waals surface area contributed by atoms with E-state index in [1.165, 1.54) is 11.6 Å². The molecule has 6 nitrogen and oxygen atoms in total. The lowest BCUT2D eigenvalue weighted by Crippen LogP contribution is -2.28. The summed E-state index contributed by atoms with van der Waals surface area (Å²) >= 11 is 3.28. The standard InChI is InChI=1S/C12H19BrN4O2/c1-3-4-7-17-12(19)11(13)10(8-16-17)15-6-5-14-9(2)18/h8,15H,3-7H2,1-2H3,(H,14,18). The predicted molar refractivity (Wildman–Crippen MR) is 78.3 cm³/mol. The molecule has 19 heavy (non-hydrogen) atoms. The van der Waals surface area contributed by atoms with Crippen LogP contribution in [0.1, 0.15) is 26.7 Å². The van der Waals surface area contributed by atoms with Crippen molar-refractivity contribution in [3.63, 3.8) is 0 Å². The fourth-order valence-corrected chi connectivity index (χ4v) is 1.94. The maximum Gasteiger partial charge on any atom is 0.283 e. The molecule has 0 bridgehead atoms. The number of aryl methyl sites for hydroxylation is 1. The molecule has 0 aromatic carbocycles. The number of anilines is 1. The Morgan fingerprint density at radius 2 is 2.21 bits per heavy atom. The van der Waals surface area contributed by atoms with E-state index in [1.54, 1.807) is 6.20 Å². The van der Waals surface area contributed by atoms with Crippen LogP contribution in [0.15, 0.2) is 15.5 Å². The highest BCUT2D eigenvalue weighted by Gasteiger charge is 2.07.